The fourth-order valence-electron chi connectivity index (χ4n) is 3.12. The molecule has 4 heteroatoms. The predicted molar refractivity (Wildman–Crippen MR) is 86.6 cm³/mol. The average molecular weight is 314 g/mol. The van der Waals surface area contributed by atoms with E-state index in [-0.39, 0.29) is 18.5 Å². The maximum absolute atomic E-state index is 5.91. The maximum Gasteiger partial charge on any atom is 0.164 e. The topological polar surface area (TPSA) is 36.9 Å². The minimum absolute atomic E-state index is 0.0202. The van der Waals surface area contributed by atoms with Gasteiger partial charge in [-0.1, -0.05) is 46.0 Å². The number of ether oxygens (including phenoxy) is 4. The van der Waals surface area contributed by atoms with Gasteiger partial charge < -0.3 is 18.9 Å². The monoisotopic (exact) mass is 314 g/mol. The fourth-order valence-corrected chi connectivity index (χ4v) is 3.12. The molecular formula is C18H34O4. The smallest absolute Gasteiger partial charge is 0.164 e. The fraction of sp³-hybridized carbons (Fsp3) is 1.00. The molecule has 0 saturated carbocycles. The third kappa shape index (κ3) is 6.15. The van der Waals surface area contributed by atoms with Crippen LogP contribution in [-0.4, -0.2) is 39.0 Å². The Morgan fingerprint density at radius 3 is 1.86 bits per heavy atom. The molecule has 2 fully saturated rings. The van der Waals surface area contributed by atoms with Gasteiger partial charge in [-0.3, -0.25) is 0 Å². The number of hydrogen-bond donors (Lipinski definition) is 0. The minimum atomic E-state index is -0.140. The Labute approximate surface area is 135 Å². The van der Waals surface area contributed by atoms with Crippen LogP contribution in [0.5, 0.6) is 0 Å². The molecule has 2 aliphatic heterocycles. The summed E-state index contributed by atoms with van der Waals surface area (Å²) in [6.07, 6.45) is 9.60. The lowest BCUT2D eigenvalue weighted by Crippen LogP contribution is -2.44. The van der Waals surface area contributed by atoms with E-state index in [1.807, 2.05) is 0 Å². The highest BCUT2D eigenvalue weighted by Crippen LogP contribution is 2.25. The van der Waals surface area contributed by atoms with Crippen molar-refractivity contribution in [3.63, 3.8) is 0 Å². The second-order valence-electron chi connectivity index (χ2n) is 6.75. The highest BCUT2D eigenvalue weighted by atomic mass is 16.7. The van der Waals surface area contributed by atoms with Crippen molar-refractivity contribution >= 4 is 0 Å². The summed E-state index contributed by atoms with van der Waals surface area (Å²) in [5, 5.41) is 0. The van der Waals surface area contributed by atoms with Crippen LogP contribution in [-0.2, 0) is 18.9 Å². The Hall–Kier alpha value is -0.160. The van der Waals surface area contributed by atoms with Gasteiger partial charge in [0.05, 0.1) is 32.3 Å². The van der Waals surface area contributed by atoms with Crippen LogP contribution >= 0.6 is 0 Å². The van der Waals surface area contributed by atoms with Gasteiger partial charge in [-0.15, -0.1) is 0 Å². The Bertz CT molecular complexity index is 240. The van der Waals surface area contributed by atoms with Crippen LogP contribution in [0.25, 0.3) is 0 Å². The lowest BCUT2D eigenvalue weighted by atomic mass is 10.0. The molecule has 0 aromatic heterocycles. The van der Waals surface area contributed by atoms with Crippen molar-refractivity contribution in [3.05, 3.63) is 0 Å². The molecule has 2 aliphatic rings. The van der Waals surface area contributed by atoms with Gasteiger partial charge in [-0.05, 0) is 19.3 Å². The van der Waals surface area contributed by atoms with Crippen molar-refractivity contribution in [3.8, 4) is 0 Å². The van der Waals surface area contributed by atoms with E-state index in [4.69, 9.17) is 18.9 Å². The first-order valence-corrected chi connectivity index (χ1v) is 9.29. The quantitative estimate of drug-likeness (QED) is 0.600. The molecule has 0 unspecified atom stereocenters. The summed E-state index contributed by atoms with van der Waals surface area (Å²) < 4.78 is 23.5. The van der Waals surface area contributed by atoms with Crippen molar-refractivity contribution in [2.75, 3.05) is 26.4 Å². The molecule has 22 heavy (non-hydrogen) atoms. The van der Waals surface area contributed by atoms with E-state index in [9.17, 15) is 0 Å². The van der Waals surface area contributed by atoms with Crippen LogP contribution in [0.4, 0.5) is 0 Å². The third-order valence-corrected chi connectivity index (χ3v) is 4.63. The van der Waals surface area contributed by atoms with Crippen LogP contribution in [0.15, 0.2) is 0 Å². The predicted octanol–water partition coefficient (Wildman–Crippen LogP) is 4.13. The van der Waals surface area contributed by atoms with Gasteiger partial charge in [-0.2, -0.15) is 0 Å². The van der Waals surface area contributed by atoms with E-state index in [0.717, 1.165) is 19.6 Å². The summed E-state index contributed by atoms with van der Waals surface area (Å²) >= 11 is 0. The average Bonchev–Trinajstić information content (AvgIpc) is 2.57. The number of rotatable bonds is 9. The number of hydrogen-bond acceptors (Lipinski definition) is 4. The highest BCUT2D eigenvalue weighted by molar-refractivity contribution is 4.72. The molecule has 0 radical (unpaired) electrons. The van der Waals surface area contributed by atoms with E-state index in [1.54, 1.807) is 0 Å². The lowest BCUT2D eigenvalue weighted by molar-refractivity contribution is -0.281. The van der Waals surface area contributed by atoms with E-state index >= 15 is 0 Å². The first kappa shape index (κ1) is 18.2. The zero-order valence-electron chi connectivity index (χ0n) is 14.4. The van der Waals surface area contributed by atoms with E-state index in [0.29, 0.717) is 19.1 Å². The molecule has 0 N–H and O–H groups in total. The molecule has 2 heterocycles. The van der Waals surface area contributed by atoms with E-state index < -0.39 is 0 Å². The second kappa shape index (κ2) is 10.6. The Morgan fingerprint density at radius 2 is 1.27 bits per heavy atom. The van der Waals surface area contributed by atoms with Gasteiger partial charge in [-0.25, -0.2) is 0 Å². The van der Waals surface area contributed by atoms with Crippen molar-refractivity contribution in [1.29, 1.82) is 0 Å². The molecular weight excluding hydrogens is 280 g/mol. The molecule has 0 atom stereocenters. The first-order valence-electron chi connectivity index (χ1n) is 9.29. The molecule has 0 bridgehead atoms. The van der Waals surface area contributed by atoms with Crippen LogP contribution in [0.1, 0.15) is 65.2 Å². The molecule has 0 aromatic rings. The zero-order chi connectivity index (χ0) is 15.6. The summed E-state index contributed by atoms with van der Waals surface area (Å²) in [4.78, 5) is 0. The normalized spacial score (nSPS) is 33.0. The second-order valence-corrected chi connectivity index (χ2v) is 6.75. The van der Waals surface area contributed by atoms with Gasteiger partial charge >= 0.3 is 0 Å². The van der Waals surface area contributed by atoms with Crippen LogP contribution in [0.3, 0.4) is 0 Å². The standard InChI is InChI=1S/C18H34O4/c1-3-5-7-9-15-11-21-18(22-12-15)16-13-19-17(20-14-16)10-8-6-4-2/h15-18H,3-14H2,1-2H3/t15-,16-,17-,18-. The number of unbranched alkanes of at least 4 members (excludes halogenated alkanes) is 4. The van der Waals surface area contributed by atoms with Gasteiger partial charge in [0.2, 0.25) is 0 Å². The Kier molecular flexibility index (Phi) is 8.75. The molecule has 2 rings (SSSR count). The third-order valence-electron chi connectivity index (χ3n) is 4.63. The minimum Gasteiger partial charge on any atom is -0.352 e. The summed E-state index contributed by atoms with van der Waals surface area (Å²) in [7, 11) is 0. The van der Waals surface area contributed by atoms with Gasteiger partial charge in [0.25, 0.3) is 0 Å². The maximum atomic E-state index is 5.91. The Morgan fingerprint density at radius 1 is 0.682 bits per heavy atom. The van der Waals surface area contributed by atoms with E-state index in [1.165, 1.54) is 44.9 Å². The first-order chi connectivity index (χ1) is 10.8. The SMILES string of the molecule is CCCCC[C@H]1CO[C@H]([C@H]2CO[C@H](CCCCC)OC2)OC1. The molecule has 0 aliphatic carbocycles. The van der Waals surface area contributed by atoms with Crippen LogP contribution < -0.4 is 0 Å². The molecule has 130 valence electrons. The molecule has 0 spiro atoms. The zero-order valence-corrected chi connectivity index (χ0v) is 14.4. The van der Waals surface area contributed by atoms with Gasteiger partial charge in [0.15, 0.2) is 12.6 Å². The van der Waals surface area contributed by atoms with Gasteiger partial charge in [0.1, 0.15) is 0 Å². The lowest BCUT2D eigenvalue weighted by Gasteiger charge is -2.37. The summed E-state index contributed by atoms with van der Waals surface area (Å²) in [5.74, 6) is 0.786. The molecule has 2 saturated heterocycles. The van der Waals surface area contributed by atoms with Crippen molar-refractivity contribution < 1.29 is 18.9 Å². The molecule has 0 amide bonds. The molecule has 0 aromatic carbocycles. The van der Waals surface area contributed by atoms with Gasteiger partial charge in [0, 0.05) is 5.92 Å². The highest BCUT2D eigenvalue weighted by Gasteiger charge is 2.33. The molecule has 4 nitrogen and oxygen atoms in total. The summed E-state index contributed by atoms with van der Waals surface area (Å²) in [6.45, 7) is 7.49. The van der Waals surface area contributed by atoms with E-state index in [2.05, 4.69) is 13.8 Å². The Balaban J connectivity index is 1.58. The van der Waals surface area contributed by atoms with Crippen molar-refractivity contribution in [1.82, 2.24) is 0 Å². The largest absolute Gasteiger partial charge is 0.352 e. The van der Waals surface area contributed by atoms with Crippen LogP contribution in [0.2, 0.25) is 0 Å². The summed E-state index contributed by atoms with van der Waals surface area (Å²) in [6, 6.07) is 0. The van der Waals surface area contributed by atoms with Crippen molar-refractivity contribution in [2.24, 2.45) is 11.8 Å². The van der Waals surface area contributed by atoms with Crippen molar-refractivity contribution in [2.45, 2.75) is 77.8 Å². The summed E-state index contributed by atoms with van der Waals surface area (Å²) in [5.41, 5.74) is 0. The van der Waals surface area contributed by atoms with Crippen LogP contribution in [0, 0.1) is 11.8 Å².